The Balaban J connectivity index is 1.19. The van der Waals surface area contributed by atoms with Crippen LogP contribution in [0.1, 0.15) is 38.2 Å². The number of nitro groups is 1. The Hall–Kier alpha value is -3.54. The van der Waals surface area contributed by atoms with Crippen LogP contribution in [0.4, 0.5) is 30.2 Å². The molecule has 4 rings (SSSR count). The van der Waals surface area contributed by atoms with Gasteiger partial charge in [-0.2, -0.15) is 13.2 Å². The molecule has 2 aliphatic heterocycles. The number of nitro benzene ring substituents is 1. The number of ether oxygens (including phenoxy) is 2. The van der Waals surface area contributed by atoms with Gasteiger partial charge in [-0.1, -0.05) is 0 Å². The minimum Gasteiger partial charge on any atom is -0.494 e. The Morgan fingerprint density at radius 2 is 1.72 bits per heavy atom. The number of anilines is 2. The molecule has 12 heteroatoms. The molecule has 9 nitrogen and oxygen atoms in total. The average molecular weight is 551 g/mol. The molecule has 1 N–H and O–H groups in total. The van der Waals surface area contributed by atoms with Crippen LogP contribution >= 0.6 is 0 Å². The minimum atomic E-state index is -4.83. The molecule has 0 spiro atoms. The first-order chi connectivity index (χ1) is 18.6. The van der Waals surface area contributed by atoms with Crippen molar-refractivity contribution in [3.63, 3.8) is 0 Å². The molecule has 212 valence electrons. The molecule has 2 aromatic carbocycles. The lowest BCUT2D eigenvalue weighted by atomic mass is 10.0. The van der Waals surface area contributed by atoms with Crippen LogP contribution in [0.25, 0.3) is 0 Å². The van der Waals surface area contributed by atoms with E-state index in [2.05, 4.69) is 10.2 Å². The molecule has 1 amide bonds. The lowest BCUT2D eigenvalue weighted by Gasteiger charge is -2.35. The van der Waals surface area contributed by atoms with Crippen LogP contribution in [0.3, 0.4) is 0 Å². The Morgan fingerprint density at radius 3 is 2.31 bits per heavy atom. The summed E-state index contributed by atoms with van der Waals surface area (Å²) >= 11 is 0. The van der Waals surface area contributed by atoms with Crippen LogP contribution in [-0.2, 0) is 15.7 Å². The van der Waals surface area contributed by atoms with Gasteiger partial charge in [0.1, 0.15) is 17.9 Å². The Labute approximate surface area is 225 Å². The normalized spacial score (nSPS) is 17.2. The highest BCUT2D eigenvalue weighted by molar-refractivity contribution is 5.77. The van der Waals surface area contributed by atoms with E-state index in [1.54, 1.807) is 4.90 Å². The van der Waals surface area contributed by atoms with Crippen molar-refractivity contribution in [2.45, 2.75) is 50.9 Å². The number of nitrogens with zero attached hydrogens (tertiary/aromatic N) is 3. The number of amides is 1. The van der Waals surface area contributed by atoms with Gasteiger partial charge in [0.25, 0.3) is 5.69 Å². The summed E-state index contributed by atoms with van der Waals surface area (Å²) in [7, 11) is 0. The molecule has 2 aromatic rings. The van der Waals surface area contributed by atoms with Crippen molar-refractivity contribution in [3.05, 3.63) is 58.1 Å². The summed E-state index contributed by atoms with van der Waals surface area (Å²) in [4.78, 5) is 26.6. The number of nitrogens with one attached hydrogen (secondary N) is 1. The smallest absolute Gasteiger partial charge is 0.423 e. The van der Waals surface area contributed by atoms with Gasteiger partial charge in [0.2, 0.25) is 5.91 Å². The van der Waals surface area contributed by atoms with E-state index in [0.717, 1.165) is 49.5 Å². The van der Waals surface area contributed by atoms with Gasteiger partial charge >= 0.3 is 6.18 Å². The van der Waals surface area contributed by atoms with E-state index < -0.39 is 22.4 Å². The zero-order valence-electron chi connectivity index (χ0n) is 21.8. The first-order valence-electron chi connectivity index (χ1n) is 13.1. The molecule has 0 aliphatic carbocycles. The Kier molecular flexibility index (Phi) is 9.16. The maximum atomic E-state index is 13.3. The van der Waals surface area contributed by atoms with Gasteiger partial charge in [0, 0.05) is 49.7 Å². The first kappa shape index (κ1) is 28.5. The summed E-state index contributed by atoms with van der Waals surface area (Å²) in [6.07, 6.45) is -2.09. The van der Waals surface area contributed by atoms with E-state index >= 15 is 0 Å². The third kappa shape index (κ3) is 7.53. The van der Waals surface area contributed by atoms with E-state index in [1.807, 2.05) is 31.2 Å². The van der Waals surface area contributed by atoms with Gasteiger partial charge in [-0.05, 0) is 69.0 Å². The van der Waals surface area contributed by atoms with Crippen LogP contribution in [0, 0.1) is 10.1 Å². The zero-order valence-corrected chi connectivity index (χ0v) is 21.8. The van der Waals surface area contributed by atoms with E-state index in [1.165, 1.54) is 6.07 Å². The number of benzene rings is 2. The molecular formula is C27H33F3N4O5. The van der Waals surface area contributed by atoms with Crippen molar-refractivity contribution in [2.24, 2.45) is 0 Å². The van der Waals surface area contributed by atoms with E-state index in [4.69, 9.17) is 9.47 Å². The van der Waals surface area contributed by atoms with Crippen LogP contribution in [-0.4, -0.2) is 67.3 Å². The van der Waals surface area contributed by atoms with Gasteiger partial charge in [0.15, 0.2) is 0 Å². The summed E-state index contributed by atoms with van der Waals surface area (Å²) in [5, 5.41) is 14.0. The number of carbonyl (C=O) groups excluding carboxylic acids is 1. The quantitative estimate of drug-likeness (QED) is 0.343. The molecule has 0 bridgehead atoms. The summed E-state index contributed by atoms with van der Waals surface area (Å²) in [6.45, 7) is 5.16. The molecule has 0 saturated carbocycles. The highest BCUT2D eigenvalue weighted by Gasteiger charge is 2.38. The van der Waals surface area contributed by atoms with Crippen molar-refractivity contribution >= 4 is 23.0 Å². The summed E-state index contributed by atoms with van der Waals surface area (Å²) < 4.78 is 51.2. The highest BCUT2D eigenvalue weighted by Crippen LogP contribution is 2.38. The molecule has 0 aromatic heterocycles. The molecule has 0 unspecified atom stereocenters. The summed E-state index contributed by atoms with van der Waals surface area (Å²) in [5.41, 5.74) is -0.965. The van der Waals surface area contributed by atoms with E-state index in [0.29, 0.717) is 32.5 Å². The number of halogens is 3. The van der Waals surface area contributed by atoms with E-state index in [9.17, 15) is 28.1 Å². The molecular weight excluding hydrogens is 517 g/mol. The number of hydrogen-bond acceptors (Lipinski definition) is 7. The molecule has 0 radical (unpaired) electrons. The third-order valence-corrected chi connectivity index (χ3v) is 7.11. The SMILES string of the molecule is CCOc1ccc(N2CCC(OCC(=O)N3CCC(Nc4ccc([N+](=O)[O-])c(C(F)(F)F)c4)CC3)CC2)cc1. The fraction of sp³-hybridized carbons (Fsp3) is 0.519. The van der Waals surface area contributed by atoms with Crippen molar-refractivity contribution in [1.29, 1.82) is 0 Å². The van der Waals surface area contributed by atoms with Crippen molar-refractivity contribution in [2.75, 3.05) is 49.6 Å². The van der Waals surface area contributed by atoms with Gasteiger partial charge in [-0.15, -0.1) is 0 Å². The van der Waals surface area contributed by atoms with E-state index in [-0.39, 0.29) is 30.3 Å². The van der Waals surface area contributed by atoms with Gasteiger partial charge < -0.3 is 24.6 Å². The molecule has 2 aliphatic rings. The summed E-state index contributed by atoms with van der Waals surface area (Å²) in [6, 6.07) is 10.8. The maximum Gasteiger partial charge on any atom is 0.423 e. The molecule has 2 saturated heterocycles. The van der Waals surface area contributed by atoms with Gasteiger partial charge in [0.05, 0.1) is 17.6 Å². The lowest BCUT2D eigenvalue weighted by molar-refractivity contribution is -0.388. The third-order valence-electron chi connectivity index (χ3n) is 7.11. The van der Waals surface area contributed by atoms with Crippen LogP contribution in [0.5, 0.6) is 5.75 Å². The molecule has 39 heavy (non-hydrogen) atoms. The fourth-order valence-corrected chi connectivity index (χ4v) is 5.00. The Morgan fingerprint density at radius 1 is 1.05 bits per heavy atom. The maximum absolute atomic E-state index is 13.3. The largest absolute Gasteiger partial charge is 0.494 e. The second-order valence-corrected chi connectivity index (χ2v) is 9.71. The zero-order chi connectivity index (χ0) is 28.0. The topological polar surface area (TPSA) is 97.2 Å². The van der Waals surface area contributed by atoms with Crippen LogP contribution < -0.4 is 15.0 Å². The second-order valence-electron chi connectivity index (χ2n) is 9.71. The lowest BCUT2D eigenvalue weighted by Crippen LogP contribution is -2.45. The number of rotatable bonds is 9. The second kappa shape index (κ2) is 12.5. The van der Waals surface area contributed by atoms with Crippen molar-refractivity contribution < 1.29 is 32.4 Å². The van der Waals surface area contributed by atoms with Gasteiger partial charge in [-0.3, -0.25) is 14.9 Å². The molecule has 2 fully saturated rings. The summed E-state index contributed by atoms with van der Waals surface area (Å²) in [5.74, 6) is 0.747. The van der Waals surface area contributed by atoms with Gasteiger partial charge in [-0.25, -0.2) is 0 Å². The molecule has 0 atom stereocenters. The monoisotopic (exact) mass is 550 g/mol. The Bertz CT molecular complexity index is 1130. The fourth-order valence-electron chi connectivity index (χ4n) is 5.00. The predicted octanol–water partition coefficient (Wildman–Crippen LogP) is 5.10. The number of carbonyl (C=O) groups is 1. The van der Waals surface area contributed by atoms with Crippen LogP contribution in [0.2, 0.25) is 0 Å². The van der Waals surface area contributed by atoms with Crippen molar-refractivity contribution in [1.82, 2.24) is 4.90 Å². The predicted molar refractivity (Wildman–Crippen MR) is 140 cm³/mol. The number of likely N-dealkylation sites (tertiary alicyclic amines) is 1. The highest BCUT2D eigenvalue weighted by atomic mass is 19.4. The number of piperidine rings is 2. The van der Waals surface area contributed by atoms with Crippen molar-refractivity contribution in [3.8, 4) is 5.75 Å². The molecule has 2 heterocycles. The van der Waals surface area contributed by atoms with Crippen LogP contribution in [0.15, 0.2) is 42.5 Å². The first-order valence-corrected chi connectivity index (χ1v) is 13.1. The minimum absolute atomic E-state index is 0.00309. The number of hydrogen-bond donors (Lipinski definition) is 1. The number of alkyl halides is 3. The standard InChI is InChI=1S/C27H33F3N4O5/c1-2-38-22-6-4-21(5-7-22)32-15-11-23(12-16-32)39-18-26(35)33-13-9-19(10-14-33)31-20-3-8-25(34(36)37)24(17-20)27(28,29)30/h3-8,17,19,23,31H,2,9-16,18H2,1H3. The average Bonchev–Trinajstić information content (AvgIpc) is 2.92.